The zero-order valence-electron chi connectivity index (χ0n) is 13.4. The first-order valence-electron chi connectivity index (χ1n) is 7.65. The average Bonchev–Trinajstić information content (AvgIpc) is 2.47. The van der Waals surface area contributed by atoms with Crippen LogP contribution in [0, 0.1) is 5.82 Å². The number of piperidine rings is 1. The number of amides is 1. The van der Waals surface area contributed by atoms with Crippen LogP contribution in [0.4, 0.5) is 4.39 Å². The third-order valence-corrected chi connectivity index (χ3v) is 5.23. The van der Waals surface area contributed by atoms with Crippen LogP contribution in [0.2, 0.25) is 0 Å². The van der Waals surface area contributed by atoms with Crippen LogP contribution in [0.1, 0.15) is 26.2 Å². The highest BCUT2D eigenvalue weighted by Gasteiger charge is 2.20. The molecule has 2 atom stereocenters. The molecule has 1 fully saturated rings. The van der Waals surface area contributed by atoms with Gasteiger partial charge in [-0.25, -0.2) is 17.5 Å². The Morgan fingerprint density at radius 1 is 1.33 bits per heavy atom. The molecule has 1 aliphatic heterocycles. The summed E-state index contributed by atoms with van der Waals surface area (Å²) in [5.41, 5.74) is 0. The predicted octanol–water partition coefficient (Wildman–Crippen LogP) is 1.17. The molecule has 1 heterocycles. The minimum atomic E-state index is -3.72. The molecule has 0 aromatic heterocycles. The van der Waals surface area contributed by atoms with E-state index >= 15 is 0 Å². The Morgan fingerprint density at radius 2 is 2.00 bits per heavy atom. The van der Waals surface area contributed by atoms with E-state index in [1.54, 1.807) is 0 Å². The standard InChI is InChI=1S/C15H22FN3O3S.ClH/c1-11-10-13(6-8-17-11)19-15(20)7-9-18-23(21,22)14-4-2-12(16)3-5-14;/h2-5,11,13,17-18H,6-10H2,1H3,(H,19,20);1H. The number of carbonyl (C=O) groups is 1. The van der Waals surface area contributed by atoms with E-state index < -0.39 is 15.8 Å². The van der Waals surface area contributed by atoms with Gasteiger partial charge in [-0.05, 0) is 50.6 Å². The molecule has 1 saturated heterocycles. The molecule has 3 N–H and O–H groups in total. The second-order valence-electron chi connectivity index (χ2n) is 5.75. The van der Waals surface area contributed by atoms with Crippen molar-refractivity contribution in [2.24, 2.45) is 0 Å². The Labute approximate surface area is 148 Å². The third kappa shape index (κ3) is 6.35. The van der Waals surface area contributed by atoms with E-state index in [1.165, 1.54) is 12.1 Å². The quantitative estimate of drug-likeness (QED) is 0.692. The fourth-order valence-electron chi connectivity index (χ4n) is 2.56. The summed E-state index contributed by atoms with van der Waals surface area (Å²) in [6, 6.07) is 5.04. The first-order valence-corrected chi connectivity index (χ1v) is 9.13. The van der Waals surface area contributed by atoms with E-state index in [9.17, 15) is 17.6 Å². The maximum atomic E-state index is 12.8. The minimum absolute atomic E-state index is 0. The zero-order valence-corrected chi connectivity index (χ0v) is 15.1. The van der Waals surface area contributed by atoms with Gasteiger partial charge < -0.3 is 10.6 Å². The number of halogens is 2. The minimum Gasteiger partial charge on any atom is -0.353 e. The molecule has 1 amide bonds. The maximum Gasteiger partial charge on any atom is 0.240 e. The van der Waals surface area contributed by atoms with Crippen molar-refractivity contribution in [1.29, 1.82) is 0 Å². The number of hydrogen-bond donors (Lipinski definition) is 3. The molecule has 6 nitrogen and oxygen atoms in total. The van der Waals surface area contributed by atoms with E-state index in [1.807, 2.05) is 0 Å². The van der Waals surface area contributed by atoms with Crippen LogP contribution in [0.15, 0.2) is 29.2 Å². The molecule has 0 saturated carbocycles. The summed E-state index contributed by atoms with van der Waals surface area (Å²) in [5.74, 6) is -0.676. The molecule has 9 heteroatoms. The summed E-state index contributed by atoms with van der Waals surface area (Å²) >= 11 is 0. The summed E-state index contributed by atoms with van der Waals surface area (Å²) in [7, 11) is -3.72. The van der Waals surface area contributed by atoms with Gasteiger partial charge >= 0.3 is 0 Å². The second-order valence-corrected chi connectivity index (χ2v) is 7.51. The van der Waals surface area contributed by atoms with Crippen LogP contribution in [0.25, 0.3) is 0 Å². The number of carbonyl (C=O) groups excluding carboxylic acids is 1. The molecule has 0 radical (unpaired) electrons. The van der Waals surface area contributed by atoms with Crippen LogP contribution in [-0.2, 0) is 14.8 Å². The van der Waals surface area contributed by atoms with Gasteiger partial charge in [0.1, 0.15) is 5.82 Å². The lowest BCUT2D eigenvalue weighted by Crippen LogP contribution is -2.47. The highest BCUT2D eigenvalue weighted by Crippen LogP contribution is 2.10. The highest BCUT2D eigenvalue weighted by atomic mass is 35.5. The number of rotatable bonds is 6. The first-order chi connectivity index (χ1) is 10.9. The molecule has 1 aromatic carbocycles. The van der Waals surface area contributed by atoms with Crippen molar-refractivity contribution in [2.75, 3.05) is 13.1 Å². The molecule has 2 rings (SSSR count). The van der Waals surface area contributed by atoms with Gasteiger partial charge in [-0.2, -0.15) is 0 Å². The lowest BCUT2D eigenvalue weighted by molar-refractivity contribution is -0.121. The van der Waals surface area contributed by atoms with Crippen LogP contribution < -0.4 is 15.4 Å². The van der Waals surface area contributed by atoms with Crippen molar-refractivity contribution in [3.8, 4) is 0 Å². The molecule has 2 unspecified atom stereocenters. The van der Waals surface area contributed by atoms with Gasteiger partial charge in [0.15, 0.2) is 0 Å². The monoisotopic (exact) mass is 379 g/mol. The molecular formula is C15H23ClFN3O3S. The van der Waals surface area contributed by atoms with Gasteiger partial charge in [-0.15, -0.1) is 12.4 Å². The molecule has 1 aliphatic rings. The predicted molar refractivity (Wildman–Crippen MR) is 92.1 cm³/mol. The largest absolute Gasteiger partial charge is 0.353 e. The Bertz CT molecular complexity index is 640. The first kappa shape index (κ1) is 20.8. The van der Waals surface area contributed by atoms with E-state index in [0.29, 0.717) is 6.04 Å². The van der Waals surface area contributed by atoms with Crippen LogP contribution >= 0.6 is 12.4 Å². The number of nitrogens with one attached hydrogen (secondary N) is 3. The van der Waals surface area contributed by atoms with E-state index in [0.717, 1.165) is 31.5 Å². The van der Waals surface area contributed by atoms with E-state index in [-0.39, 0.29) is 42.2 Å². The molecule has 0 spiro atoms. The van der Waals surface area contributed by atoms with Crippen molar-refractivity contribution < 1.29 is 17.6 Å². The lowest BCUT2D eigenvalue weighted by atomic mass is 10.0. The second kappa shape index (κ2) is 9.31. The summed E-state index contributed by atoms with van der Waals surface area (Å²) in [6.07, 6.45) is 1.81. The summed E-state index contributed by atoms with van der Waals surface area (Å²) in [5, 5.41) is 6.22. The number of benzene rings is 1. The Kier molecular flexibility index (Phi) is 8.08. The average molecular weight is 380 g/mol. The third-order valence-electron chi connectivity index (χ3n) is 3.76. The normalized spacial score (nSPS) is 20.9. The van der Waals surface area contributed by atoms with E-state index in [4.69, 9.17) is 0 Å². The van der Waals surface area contributed by atoms with Crippen molar-refractivity contribution in [2.45, 2.75) is 43.2 Å². The van der Waals surface area contributed by atoms with Crippen LogP contribution in [-0.4, -0.2) is 39.5 Å². The van der Waals surface area contributed by atoms with Crippen LogP contribution in [0.5, 0.6) is 0 Å². The summed E-state index contributed by atoms with van der Waals surface area (Å²) in [6.45, 7) is 2.94. The van der Waals surface area contributed by atoms with Crippen molar-refractivity contribution in [3.63, 3.8) is 0 Å². The number of sulfonamides is 1. The molecule has 0 aliphatic carbocycles. The Balaban J connectivity index is 0.00000288. The summed E-state index contributed by atoms with van der Waals surface area (Å²) < 4.78 is 39.1. The highest BCUT2D eigenvalue weighted by molar-refractivity contribution is 7.89. The molecule has 0 bridgehead atoms. The molecule has 1 aromatic rings. The van der Waals surface area contributed by atoms with Gasteiger partial charge in [0.05, 0.1) is 4.90 Å². The van der Waals surface area contributed by atoms with Gasteiger partial charge in [0.2, 0.25) is 15.9 Å². The SMILES string of the molecule is CC1CC(NC(=O)CCNS(=O)(=O)c2ccc(F)cc2)CCN1.Cl. The molecule has 136 valence electrons. The topological polar surface area (TPSA) is 87.3 Å². The Hall–Kier alpha value is -1.22. The van der Waals surface area contributed by atoms with Gasteiger partial charge in [0.25, 0.3) is 0 Å². The number of hydrogen-bond acceptors (Lipinski definition) is 4. The van der Waals surface area contributed by atoms with Gasteiger partial charge in [-0.3, -0.25) is 4.79 Å². The zero-order chi connectivity index (χ0) is 16.9. The van der Waals surface area contributed by atoms with Crippen molar-refractivity contribution >= 4 is 28.3 Å². The smallest absolute Gasteiger partial charge is 0.240 e. The molecule has 24 heavy (non-hydrogen) atoms. The lowest BCUT2D eigenvalue weighted by Gasteiger charge is -2.28. The van der Waals surface area contributed by atoms with E-state index in [2.05, 4.69) is 22.3 Å². The fourth-order valence-corrected chi connectivity index (χ4v) is 3.59. The molecular weight excluding hydrogens is 357 g/mol. The maximum absolute atomic E-state index is 12.8. The van der Waals surface area contributed by atoms with Crippen molar-refractivity contribution in [1.82, 2.24) is 15.4 Å². The van der Waals surface area contributed by atoms with Crippen LogP contribution in [0.3, 0.4) is 0 Å². The van der Waals surface area contributed by atoms with Gasteiger partial charge in [-0.1, -0.05) is 0 Å². The fraction of sp³-hybridized carbons (Fsp3) is 0.533. The van der Waals surface area contributed by atoms with Crippen molar-refractivity contribution in [3.05, 3.63) is 30.1 Å². The Morgan fingerprint density at radius 3 is 2.62 bits per heavy atom. The summed E-state index contributed by atoms with van der Waals surface area (Å²) in [4.78, 5) is 11.8. The van der Waals surface area contributed by atoms with Gasteiger partial charge in [0, 0.05) is 25.0 Å².